The molecule has 0 radical (unpaired) electrons. The van der Waals surface area contributed by atoms with Gasteiger partial charge in [-0.15, -0.1) is 11.3 Å². The van der Waals surface area contributed by atoms with Gasteiger partial charge in [-0.2, -0.15) is 4.31 Å². The van der Waals surface area contributed by atoms with Crippen LogP contribution in [0.1, 0.15) is 16.8 Å². The van der Waals surface area contributed by atoms with E-state index in [1.807, 2.05) is 6.92 Å². The lowest BCUT2D eigenvalue weighted by molar-refractivity contribution is 0.385. The van der Waals surface area contributed by atoms with Crippen LogP contribution < -0.4 is 4.90 Å². The average molecular weight is 418 g/mol. The number of sulfonamides is 1. The molecule has 3 aromatic rings. The highest BCUT2D eigenvalue weighted by Crippen LogP contribution is 2.31. The van der Waals surface area contributed by atoms with Crippen LogP contribution in [0, 0.1) is 20.8 Å². The summed E-state index contributed by atoms with van der Waals surface area (Å²) < 4.78 is 33.3. The number of hydrogen-bond acceptors (Lipinski definition) is 6. The molecule has 2 aromatic heterocycles. The molecule has 1 aromatic carbocycles. The zero-order valence-corrected chi connectivity index (χ0v) is 17.8. The fourth-order valence-electron chi connectivity index (χ4n) is 3.54. The van der Waals surface area contributed by atoms with Crippen molar-refractivity contribution in [3.63, 3.8) is 0 Å². The molecule has 1 aliphatic heterocycles. The topological polar surface area (TPSA) is 66.7 Å². The number of rotatable bonds is 4. The molecule has 1 aliphatic rings. The third kappa shape index (κ3) is 3.59. The molecule has 0 spiro atoms. The van der Waals surface area contributed by atoms with Gasteiger partial charge in [0.05, 0.1) is 5.69 Å². The Morgan fingerprint density at radius 1 is 1.04 bits per heavy atom. The minimum absolute atomic E-state index is 0.344. The summed E-state index contributed by atoms with van der Waals surface area (Å²) >= 11 is 1.22. The van der Waals surface area contributed by atoms with Gasteiger partial charge in [0.2, 0.25) is 0 Å². The van der Waals surface area contributed by atoms with E-state index in [1.54, 1.807) is 21.8 Å². The van der Waals surface area contributed by atoms with Crippen LogP contribution in [0.5, 0.6) is 0 Å². The summed E-state index contributed by atoms with van der Waals surface area (Å²) in [4.78, 5) is 2.26. The summed E-state index contributed by atoms with van der Waals surface area (Å²) in [6.07, 6.45) is 0. The second kappa shape index (κ2) is 7.35. The molecule has 0 saturated carbocycles. The van der Waals surface area contributed by atoms with Crippen LogP contribution >= 0.6 is 11.3 Å². The van der Waals surface area contributed by atoms with Gasteiger partial charge in [-0.1, -0.05) is 22.9 Å². The van der Waals surface area contributed by atoms with Gasteiger partial charge in [-0.3, -0.25) is 0 Å². The first kappa shape index (κ1) is 19.2. The van der Waals surface area contributed by atoms with E-state index in [4.69, 9.17) is 4.52 Å². The molecule has 4 rings (SSSR count). The number of anilines is 1. The van der Waals surface area contributed by atoms with Crippen LogP contribution in [0.3, 0.4) is 0 Å². The Bertz CT molecular complexity index is 1090. The Morgan fingerprint density at radius 2 is 1.79 bits per heavy atom. The molecule has 3 heterocycles. The van der Waals surface area contributed by atoms with Gasteiger partial charge >= 0.3 is 0 Å². The number of piperazine rings is 1. The minimum Gasteiger partial charge on any atom is -0.369 e. The van der Waals surface area contributed by atoms with Gasteiger partial charge in [0.15, 0.2) is 5.76 Å². The minimum atomic E-state index is -3.50. The Morgan fingerprint density at radius 3 is 2.43 bits per heavy atom. The number of hydrogen-bond donors (Lipinski definition) is 0. The van der Waals surface area contributed by atoms with Crippen LogP contribution in [-0.4, -0.2) is 44.1 Å². The van der Waals surface area contributed by atoms with Gasteiger partial charge in [-0.25, -0.2) is 8.42 Å². The van der Waals surface area contributed by atoms with Crippen molar-refractivity contribution in [3.05, 3.63) is 52.5 Å². The van der Waals surface area contributed by atoms with E-state index in [9.17, 15) is 8.42 Å². The van der Waals surface area contributed by atoms with E-state index in [0.717, 1.165) is 11.3 Å². The van der Waals surface area contributed by atoms with Crippen molar-refractivity contribution in [2.45, 2.75) is 25.0 Å². The highest BCUT2D eigenvalue weighted by Gasteiger charge is 2.30. The van der Waals surface area contributed by atoms with Crippen molar-refractivity contribution >= 4 is 27.0 Å². The van der Waals surface area contributed by atoms with Crippen LogP contribution in [0.2, 0.25) is 0 Å². The number of aromatic nitrogens is 1. The van der Waals surface area contributed by atoms with Gasteiger partial charge in [0.1, 0.15) is 4.21 Å². The highest BCUT2D eigenvalue weighted by molar-refractivity contribution is 7.91. The molecule has 0 N–H and O–H groups in total. The Kier molecular flexibility index (Phi) is 5.03. The first-order valence-corrected chi connectivity index (χ1v) is 11.5. The van der Waals surface area contributed by atoms with Gasteiger partial charge in [0, 0.05) is 48.9 Å². The standard InChI is InChI=1S/C20H23N3O3S2/c1-14-4-5-18(15(2)10-14)22-6-8-23(9-7-22)28(24,25)20-12-17(13-27-20)19-11-16(3)21-26-19/h4-5,10-13H,6-9H2,1-3H3. The number of thiophene rings is 1. The van der Waals surface area contributed by atoms with Crippen LogP contribution in [0.15, 0.2) is 44.4 Å². The van der Waals surface area contributed by atoms with Gasteiger partial charge in [-0.05, 0) is 38.5 Å². The van der Waals surface area contributed by atoms with Crippen molar-refractivity contribution in [1.82, 2.24) is 9.46 Å². The lowest BCUT2D eigenvalue weighted by Crippen LogP contribution is -2.48. The van der Waals surface area contributed by atoms with E-state index < -0.39 is 10.0 Å². The Hall–Kier alpha value is -2.16. The van der Waals surface area contributed by atoms with Crippen molar-refractivity contribution in [3.8, 4) is 11.3 Å². The Labute approximate surface area is 169 Å². The predicted molar refractivity (Wildman–Crippen MR) is 111 cm³/mol. The normalized spacial score (nSPS) is 15.9. The molecule has 28 heavy (non-hydrogen) atoms. The summed E-state index contributed by atoms with van der Waals surface area (Å²) in [6, 6.07) is 9.87. The first-order valence-electron chi connectivity index (χ1n) is 9.19. The van der Waals surface area contributed by atoms with Crippen molar-refractivity contribution in [2.75, 3.05) is 31.1 Å². The fraction of sp³-hybridized carbons (Fsp3) is 0.350. The lowest BCUT2D eigenvalue weighted by atomic mass is 10.1. The molecule has 0 aliphatic carbocycles. The zero-order valence-electron chi connectivity index (χ0n) is 16.2. The molecule has 148 valence electrons. The third-order valence-corrected chi connectivity index (χ3v) is 8.33. The second-order valence-corrected chi connectivity index (χ2v) is 10.2. The second-order valence-electron chi connectivity index (χ2n) is 7.17. The van der Waals surface area contributed by atoms with Crippen LogP contribution in [-0.2, 0) is 10.0 Å². The fourth-order valence-corrected chi connectivity index (χ4v) is 6.28. The maximum atomic E-state index is 13.1. The van der Waals surface area contributed by atoms with E-state index in [-0.39, 0.29) is 0 Å². The van der Waals surface area contributed by atoms with Crippen molar-refractivity contribution < 1.29 is 12.9 Å². The largest absolute Gasteiger partial charge is 0.369 e. The van der Waals surface area contributed by atoms with Crippen molar-refractivity contribution in [2.24, 2.45) is 0 Å². The summed E-state index contributed by atoms with van der Waals surface area (Å²) in [7, 11) is -3.50. The molecule has 8 heteroatoms. The molecule has 0 amide bonds. The van der Waals surface area contributed by atoms with Crippen LogP contribution in [0.25, 0.3) is 11.3 Å². The molecule has 1 saturated heterocycles. The molecular formula is C20H23N3O3S2. The van der Waals surface area contributed by atoms with Crippen LogP contribution in [0.4, 0.5) is 5.69 Å². The number of aryl methyl sites for hydroxylation is 3. The third-order valence-electron chi connectivity index (χ3n) is 5.01. The average Bonchev–Trinajstić information content (AvgIpc) is 3.31. The Balaban J connectivity index is 1.48. The monoisotopic (exact) mass is 417 g/mol. The maximum Gasteiger partial charge on any atom is 0.252 e. The number of benzene rings is 1. The van der Waals surface area contributed by atoms with Crippen molar-refractivity contribution in [1.29, 1.82) is 0 Å². The van der Waals surface area contributed by atoms with E-state index in [1.165, 1.54) is 28.2 Å². The molecule has 0 unspecified atom stereocenters. The quantitative estimate of drug-likeness (QED) is 0.645. The molecule has 0 bridgehead atoms. The first-order chi connectivity index (χ1) is 13.3. The predicted octanol–water partition coefficient (Wildman–Crippen LogP) is 3.84. The summed E-state index contributed by atoms with van der Waals surface area (Å²) in [5.41, 5.74) is 5.16. The SMILES string of the molecule is Cc1ccc(N2CCN(S(=O)(=O)c3cc(-c4cc(C)no4)cs3)CC2)c(C)c1. The summed E-state index contributed by atoms with van der Waals surface area (Å²) in [6.45, 7) is 8.34. The van der Waals surface area contributed by atoms with Gasteiger partial charge < -0.3 is 9.42 Å². The van der Waals surface area contributed by atoms with Gasteiger partial charge in [0.25, 0.3) is 10.0 Å². The van der Waals surface area contributed by atoms with E-state index >= 15 is 0 Å². The molecule has 1 fully saturated rings. The maximum absolute atomic E-state index is 13.1. The zero-order chi connectivity index (χ0) is 19.9. The van der Waals surface area contributed by atoms with E-state index in [0.29, 0.717) is 36.1 Å². The molecular weight excluding hydrogens is 394 g/mol. The molecule has 6 nitrogen and oxygen atoms in total. The molecule has 0 atom stereocenters. The summed E-state index contributed by atoms with van der Waals surface area (Å²) in [5, 5.41) is 5.67. The smallest absolute Gasteiger partial charge is 0.252 e. The summed E-state index contributed by atoms with van der Waals surface area (Å²) in [5.74, 6) is 0.592. The number of nitrogens with zero attached hydrogens (tertiary/aromatic N) is 3. The van der Waals surface area contributed by atoms with E-state index in [2.05, 4.69) is 42.1 Å². The lowest BCUT2D eigenvalue weighted by Gasteiger charge is -2.36. The highest BCUT2D eigenvalue weighted by atomic mass is 32.2.